The van der Waals surface area contributed by atoms with Gasteiger partial charge in [-0.3, -0.25) is 9.48 Å². The summed E-state index contributed by atoms with van der Waals surface area (Å²) in [7, 11) is 0. The smallest absolute Gasteiger partial charge is 0.289 e. The minimum absolute atomic E-state index is 0.0139. The van der Waals surface area contributed by atoms with Gasteiger partial charge in [0.25, 0.3) is 5.91 Å². The average molecular weight is 323 g/mol. The topological polar surface area (TPSA) is 51.3 Å². The number of fused-ring (bicyclic) bond motifs is 1. The van der Waals surface area contributed by atoms with Crippen LogP contribution < -0.4 is 0 Å². The van der Waals surface area contributed by atoms with Crippen molar-refractivity contribution in [2.45, 2.75) is 32.7 Å². The van der Waals surface area contributed by atoms with Crippen LogP contribution in [0, 0.1) is 13.8 Å². The molecule has 124 valence electrons. The van der Waals surface area contributed by atoms with Crippen LogP contribution in [0.25, 0.3) is 11.0 Å². The Kier molecular flexibility index (Phi) is 3.63. The molecule has 1 saturated heterocycles. The summed E-state index contributed by atoms with van der Waals surface area (Å²) in [6, 6.07) is 8.19. The summed E-state index contributed by atoms with van der Waals surface area (Å²) in [5.41, 5.74) is 2.81. The second-order valence-corrected chi connectivity index (χ2v) is 6.54. The fourth-order valence-electron chi connectivity index (χ4n) is 3.58. The maximum atomic E-state index is 13.0. The number of piperidine rings is 1. The average Bonchev–Trinajstić information content (AvgIpc) is 3.24. The fourth-order valence-corrected chi connectivity index (χ4v) is 3.58. The van der Waals surface area contributed by atoms with Crippen molar-refractivity contribution in [1.29, 1.82) is 0 Å². The van der Waals surface area contributed by atoms with Gasteiger partial charge in [0.1, 0.15) is 5.58 Å². The molecule has 1 aliphatic heterocycles. The van der Waals surface area contributed by atoms with Gasteiger partial charge in [-0.2, -0.15) is 5.10 Å². The molecule has 0 saturated carbocycles. The normalized spacial score (nSPS) is 18.2. The molecule has 1 fully saturated rings. The van der Waals surface area contributed by atoms with Crippen molar-refractivity contribution in [3.8, 4) is 0 Å². The summed E-state index contributed by atoms with van der Waals surface area (Å²) in [4.78, 5) is 14.9. The highest BCUT2D eigenvalue weighted by Gasteiger charge is 2.29. The first-order valence-electron chi connectivity index (χ1n) is 8.42. The fraction of sp³-hybridized carbons (Fsp3) is 0.368. The van der Waals surface area contributed by atoms with E-state index in [1.165, 1.54) is 0 Å². The Balaban J connectivity index is 1.64. The van der Waals surface area contributed by atoms with Crippen molar-refractivity contribution >= 4 is 16.9 Å². The summed E-state index contributed by atoms with van der Waals surface area (Å²) in [5.74, 6) is 0.459. The Bertz CT molecular complexity index is 880. The van der Waals surface area contributed by atoms with E-state index in [0.717, 1.165) is 41.5 Å². The van der Waals surface area contributed by atoms with Crippen LogP contribution in [-0.4, -0.2) is 33.7 Å². The number of aryl methyl sites for hydroxylation is 2. The van der Waals surface area contributed by atoms with Gasteiger partial charge in [0.15, 0.2) is 5.76 Å². The highest BCUT2D eigenvalue weighted by molar-refractivity contribution is 5.99. The van der Waals surface area contributed by atoms with Crippen molar-refractivity contribution in [1.82, 2.24) is 14.7 Å². The molecule has 0 bridgehead atoms. The number of hydrogen-bond donors (Lipinski definition) is 0. The number of benzene rings is 1. The van der Waals surface area contributed by atoms with Crippen LogP contribution in [0.5, 0.6) is 0 Å². The van der Waals surface area contributed by atoms with E-state index in [1.54, 1.807) is 6.20 Å². The number of rotatable bonds is 2. The number of carbonyl (C=O) groups is 1. The minimum Gasteiger partial charge on any atom is -0.450 e. The Labute approximate surface area is 140 Å². The van der Waals surface area contributed by atoms with Gasteiger partial charge in [0.05, 0.1) is 6.04 Å². The highest BCUT2D eigenvalue weighted by Crippen LogP contribution is 2.30. The van der Waals surface area contributed by atoms with Crippen LogP contribution in [0.15, 0.2) is 41.1 Å². The molecule has 1 amide bonds. The van der Waals surface area contributed by atoms with Gasteiger partial charge in [0.2, 0.25) is 0 Å². The van der Waals surface area contributed by atoms with Gasteiger partial charge in [0, 0.05) is 36.4 Å². The van der Waals surface area contributed by atoms with E-state index in [2.05, 4.69) is 5.10 Å². The molecule has 1 aliphatic rings. The molecule has 3 aromatic rings. The van der Waals surface area contributed by atoms with Gasteiger partial charge in [-0.25, -0.2) is 0 Å². The Morgan fingerprint density at radius 2 is 2.17 bits per heavy atom. The molecule has 0 N–H and O–H groups in total. The second-order valence-electron chi connectivity index (χ2n) is 6.54. The van der Waals surface area contributed by atoms with Crippen molar-refractivity contribution in [2.75, 3.05) is 13.1 Å². The molecule has 0 aliphatic carbocycles. The van der Waals surface area contributed by atoms with Gasteiger partial charge >= 0.3 is 0 Å². The molecule has 2 aromatic heterocycles. The molecule has 24 heavy (non-hydrogen) atoms. The highest BCUT2D eigenvalue weighted by atomic mass is 16.3. The second kappa shape index (κ2) is 5.82. The molecule has 1 atom stereocenters. The minimum atomic E-state index is -0.0139. The molecule has 1 aromatic carbocycles. The van der Waals surface area contributed by atoms with E-state index in [0.29, 0.717) is 12.3 Å². The Morgan fingerprint density at radius 1 is 1.29 bits per heavy atom. The summed E-state index contributed by atoms with van der Waals surface area (Å²) in [5, 5.41) is 5.35. The van der Waals surface area contributed by atoms with Gasteiger partial charge in [-0.05, 0) is 38.3 Å². The summed E-state index contributed by atoms with van der Waals surface area (Å²) in [6.07, 6.45) is 5.78. The molecule has 3 heterocycles. The standard InChI is InChI=1S/C19H21N3O2/c1-13-6-3-8-16-14(2)18(24-17(13)16)19(23)21-10-4-7-15(12-21)22-11-5-9-20-22/h3,5-6,8-9,11,15H,4,7,10,12H2,1-2H3/t15-/m0/s1. The van der Waals surface area contributed by atoms with E-state index in [-0.39, 0.29) is 11.9 Å². The predicted molar refractivity (Wildman–Crippen MR) is 92.1 cm³/mol. The zero-order valence-corrected chi connectivity index (χ0v) is 14.0. The molecule has 0 unspecified atom stereocenters. The molecular formula is C19H21N3O2. The number of likely N-dealkylation sites (tertiary alicyclic amines) is 1. The third-order valence-corrected chi connectivity index (χ3v) is 4.94. The predicted octanol–water partition coefficient (Wildman–Crippen LogP) is 3.72. The van der Waals surface area contributed by atoms with E-state index in [9.17, 15) is 4.79 Å². The van der Waals surface area contributed by atoms with Crippen molar-refractivity contribution in [3.63, 3.8) is 0 Å². The maximum Gasteiger partial charge on any atom is 0.289 e. The molecule has 0 radical (unpaired) electrons. The first-order chi connectivity index (χ1) is 11.6. The maximum absolute atomic E-state index is 13.0. The Morgan fingerprint density at radius 3 is 2.92 bits per heavy atom. The number of para-hydroxylation sites is 1. The quantitative estimate of drug-likeness (QED) is 0.722. The number of furan rings is 1. The SMILES string of the molecule is Cc1c(C(=O)N2CCC[C@H](n3cccn3)C2)oc2c(C)cccc12. The van der Waals surface area contributed by atoms with Crippen LogP contribution in [0.2, 0.25) is 0 Å². The van der Waals surface area contributed by atoms with Crippen LogP contribution in [0.1, 0.15) is 40.6 Å². The van der Waals surface area contributed by atoms with Gasteiger partial charge in [-0.1, -0.05) is 18.2 Å². The zero-order valence-electron chi connectivity index (χ0n) is 14.0. The van der Waals surface area contributed by atoms with E-state index in [1.807, 2.05) is 53.9 Å². The van der Waals surface area contributed by atoms with Crippen molar-refractivity contribution in [2.24, 2.45) is 0 Å². The number of amides is 1. The van der Waals surface area contributed by atoms with Crippen molar-refractivity contribution < 1.29 is 9.21 Å². The first kappa shape index (κ1) is 15.0. The molecule has 0 spiro atoms. The summed E-state index contributed by atoms with van der Waals surface area (Å²) < 4.78 is 7.91. The lowest BCUT2D eigenvalue weighted by molar-refractivity contribution is 0.0642. The summed E-state index contributed by atoms with van der Waals surface area (Å²) in [6.45, 7) is 5.42. The zero-order chi connectivity index (χ0) is 16.7. The number of hydrogen-bond acceptors (Lipinski definition) is 3. The van der Waals surface area contributed by atoms with Crippen LogP contribution in [-0.2, 0) is 0 Å². The van der Waals surface area contributed by atoms with E-state index >= 15 is 0 Å². The largest absolute Gasteiger partial charge is 0.450 e. The van der Waals surface area contributed by atoms with Crippen LogP contribution >= 0.6 is 0 Å². The van der Waals surface area contributed by atoms with E-state index in [4.69, 9.17) is 4.42 Å². The van der Waals surface area contributed by atoms with E-state index < -0.39 is 0 Å². The number of aromatic nitrogens is 2. The summed E-state index contributed by atoms with van der Waals surface area (Å²) >= 11 is 0. The van der Waals surface area contributed by atoms with Crippen LogP contribution in [0.4, 0.5) is 0 Å². The van der Waals surface area contributed by atoms with Crippen LogP contribution in [0.3, 0.4) is 0 Å². The number of carbonyl (C=O) groups excluding carboxylic acids is 1. The van der Waals surface area contributed by atoms with Gasteiger partial charge < -0.3 is 9.32 Å². The lowest BCUT2D eigenvalue weighted by Gasteiger charge is -2.32. The third-order valence-electron chi connectivity index (χ3n) is 4.94. The molecule has 5 heteroatoms. The molecule has 4 rings (SSSR count). The monoisotopic (exact) mass is 323 g/mol. The Hall–Kier alpha value is -2.56. The molecule has 5 nitrogen and oxygen atoms in total. The lowest BCUT2D eigenvalue weighted by Crippen LogP contribution is -2.40. The van der Waals surface area contributed by atoms with Crippen molar-refractivity contribution in [3.05, 3.63) is 53.5 Å². The van der Waals surface area contributed by atoms with Gasteiger partial charge in [-0.15, -0.1) is 0 Å². The lowest BCUT2D eigenvalue weighted by atomic mass is 10.0. The number of nitrogens with zero attached hydrogens (tertiary/aromatic N) is 3. The molecular weight excluding hydrogens is 302 g/mol. The third kappa shape index (κ3) is 2.40. The first-order valence-corrected chi connectivity index (χ1v) is 8.42.